The zero-order chi connectivity index (χ0) is 13.6. The third-order valence-corrected chi connectivity index (χ3v) is 1.70. The van der Waals surface area contributed by atoms with Crippen molar-refractivity contribution < 1.29 is 27.8 Å². The quantitative estimate of drug-likeness (QED) is 0.409. The highest BCUT2D eigenvalue weighted by atomic mass is 19.3. The van der Waals surface area contributed by atoms with Gasteiger partial charge >= 0.3 is 17.9 Å². The summed E-state index contributed by atoms with van der Waals surface area (Å²) in [6.45, 7) is 8.80. The summed E-state index contributed by atoms with van der Waals surface area (Å²) in [5.41, 5.74) is -0.0588. The number of ether oxygens (including phenoxy) is 2. The number of hydrogen-bond donors (Lipinski definition) is 0. The highest BCUT2D eigenvalue weighted by molar-refractivity contribution is 5.88. The van der Waals surface area contributed by atoms with E-state index in [2.05, 4.69) is 22.6 Å². The summed E-state index contributed by atoms with van der Waals surface area (Å²) in [4.78, 5) is 22.1. The lowest BCUT2D eigenvalue weighted by Gasteiger charge is -2.22. The lowest BCUT2D eigenvalue weighted by atomic mass is 10.2. The fraction of sp³-hybridized carbons (Fsp3) is 0.455. The third-order valence-electron chi connectivity index (χ3n) is 1.70. The molecule has 1 atom stereocenters. The van der Waals surface area contributed by atoms with Gasteiger partial charge in [0, 0.05) is 5.57 Å². The second-order valence-corrected chi connectivity index (χ2v) is 3.19. The standard InChI is InChI=1S/C11H14F2O4/c1-5-8(17-9(14)7(3)4)11(12,13)10(15)16-6-2/h5,8H,1,3,6H2,2,4H3. The van der Waals surface area contributed by atoms with Gasteiger partial charge in [-0.3, -0.25) is 0 Å². The molecule has 0 bridgehead atoms. The summed E-state index contributed by atoms with van der Waals surface area (Å²) in [7, 11) is 0. The summed E-state index contributed by atoms with van der Waals surface area (Å²) in [5.74, 6) is -6.76. The Balaban J connectivity index is 4.86. The van der Waals surface area contributed by atoms with Crippen molar-refractivity contribution in [3.8, 4) is 0 Å². The van der Waals surface area contributed by atoms with E-state index in [1.54, 1.807) is 0 Å². The molecule has 0 rings (SSSR count). The minimum atomic E-state index is -3.97. The number of carbonyl (C=O) groups is 2. The van der Waals surface area contributed by atoms with Gasteiger partial charge < -0.3 is 9.47 Å². The van der Waals surface area contributed by atoms with Crippen LogP contribution in [-0.4, -0.2) is 30.6 Å². The summed E-state index contributed by atoms with van der Waals surface area (Å²) < 4.78 is 35.4. The fourth-order valence-electron chi connectivity index (χ4n) is 0.830. The van der Waals surface area contributed by atoms with Gasteiger partial charge in [0.2, 0.25) is 0 Å². The Bertz CT molecular complexity index is 336. The minimum Gasteiger partial charge on any atom is -0.461 e. The van der Waals surface area contributed by atoms with Crippen LogP contribution in [0.1, 0.15) is 13.8 Å². The Morgan fingerprint density at radius 3 is 2.35 bits per heavy atom. The Kier molecular flexibility index (Phi) is 5.50. The van der Waals surface area contributed by atoms with Crippen LogP contribution in [0.15, 0.2) is 24.8 Å². The Hall–Kier alpha value is -1.72. The van der Waals surface area contributed by atoms with Crippen molar-refractivity contribution in [2.75, 3.05) is 6.61 Å². The molecule has 1 unspecified atom stereocenters. The second-order valence-electron chi connectivity index (χ2n) is 3.19. The minimum absolute atomic E-state index is 0.0588. The van der Waals surface area contributed by atoms with Crippen molar-refractivity contribution in [3.05, 3.63) is 24.8 Å². The maximum absolute atomic E-state index is 13.4. The number of carbonyl (C=O) groups excluding carboxylic acids is 2. The van der Waals surface area contributed by atoms with E-state index in [0.717, 1.165) is 0 Å². The molecule has 0 aromatic rings. The largest absolute Gasteiger partial charge is 0.461 e. The first kappa shape index (κ1) is 15.3. The average molecular weight is 248 g/mol. The van der Waals surface area contributed by atoms with Crippen LogP contribution in [0, 0.1) is 0 Å². The summed E-state index contributed by atoms with van der Waals surface area (Å²) in [6.07, 6.45) is -1.41. The smallest absolute Gasteiger partial charge is 0.382 e. The SMILES string of the molecule is C=CC(OC(=O)C(=C)C)C(F)(F)C(=O)OCC. The number of rotatable bonds is 6. The predicted molar refractivity (Wildman–Crippen MR) is 56.5 cm³/mol. The Labute approximate surface area is 97.9 Å². The molecule has 0 aliphatic carbocycles. The molecule has 0 aromatic heterocycles. The molecule has 0 spiro atoms. The van der Waals surface area contributed by atoms with Gasteiger partial charge in [0.25, 0.3) is 0 Å². The monoisotopic (exact) mass is 248 g/mol. The van der Waals surface area contributed by atoms with E-state index in [4.69, 9.17) is 0 Å². The van der Waals surface area contributed by atoms with Crippen LogP contribution in [-0.2, 0) is 19.1 Å². The van der Waals surface area contributed by atoms with Crippen LogP contribution in [0.5, 0.6) is 0 Å². The van der Waals surface area contributed by atoms with Gasteiger partial charge in [0.15, 0.2) is 6.10 Å². The molecule has 17 heavy (non-hydrogen) atoms. The molecule has 0 radical (unpaired) electrons. The van der Waals surface area contributed by atoms with Crippen molar-refractivity contribution in [1.82, 2.24) is 0 Å². The molecule has 0 saturated heterocycles. The van der Waals surface area contributed by atoms with Crippen molar-refractivity contribution >= 4 is 11.9 Å². The molecule has 0 aliphatic rings. The topological polar surface area (TPSA) is 52.6 Å². The third kappa shape index (κ3) is 3.97. The summed E-state index contributed by atoms with van der Waals surface area (Å²) in [5, 5.41) is 0. The Morgan fingerprint density at radius 1 is 1.47 bits per heavy atom. The molecule has 0 heterocycles. The molecular weight excluding hydrogens is 234 g/mol. The molecule has 96 valence electrons. The molecular formula is C11H14F2O4. The maximum Gasteiger partial charge on any atom is 0.382 e. The number of alkyl halides is 2. The Morgan fingerprint density at radius 2 is 2.00 bits per heavy atom. The van der Waals surface area contributed by atoms with E-state index in [9.17, 15) is 18.4 Å². The van der Waals surface area contributed by atoms with Gasteiger partial charge in [-0.05, 0) is 19.9 Å². The summed E-state index contributed by atoms with van der Waals surface area (Å²) in [6, 6.07) is 0. The van der Waals surface area contributed by atoms with Gasteiger partial charge in [-0.2, -0.15) is 8.78 Å². The first-order valence-corrected chi connectivity index (χ1v) is 4.81. The zero-order valence-electron chi connectivity index (χ0n) is 9.66. The van der Waals surface area contributed by atoms with E-state index < -0.39 is 24.0 Å². The molecule has 0 fully saturated rings. The van der Waals surface area contributed by atoms with E-state index in [1.807, 2.05) is 0 Å². The van der Waals surface area contributed by atoms with Gasteiger partial charge in [-0.15, -0.1) is 0 Å². The highest BCUT2D eigenvalue weighted by Gasteiger charge is 2.50. The van der Waals surface area contributed by atoms with Crippen LogP contribution >= 0.6 is 0 Å². The molecule has 0 amide bonds. The highest BCUT2D eigenvalue weighted by Crippen LogP contribution is 2.24. The van der Waals surface area contributed by atoms with E-state index in [-0.39, 0.29) is 12.2 Å². The van der Waals surface area contributed by atoms with Gasteiger partial charge in [-0.25, -0.2) is 9.59 Å². The second kappa shape index (κ2) is 6.12. The number of esters is 2. The van der Waals surface area contributed by atoms with Gasteiger partial charge in [0.05, 0.1) is 6.61 Å². The summed E-state index contributed by atoms with van der Waals surface area (Å²) >= 11 is 0. The van der Waals surface area contributed by atoms with Crippen molar-refractivity contribution in [2.45, 2.75) is 25.9 Å². The molecule has 0 aliphatic heterocycles. The van der Waals surface area contributed by atoms with E-state index in [0.29, 0.717) is 6.08 Å². The first-order chi connectivity index (χ1) is 7.77. The molecule has 0 saturated carbocycles. The van der Waals surface area contributed by atoms with Crippen LogP contribution in [0.3, 0.4) is 0 Å². The van der Waals surface area contributed by atoms with Crippen molar-refractivity contribution in [1.29, 1.82) is 0 Å². The number of halogens is 2. The van der Waals surface area contributed by atoms with Crippen molar-refractivity contribution in [2.24, 2.45) is 0 Å². The van der Waals surface area contributed by atoms with Crippen LogP contribution < -0.4 is 0 Å². The maximum atomic E-state index is 13.4. The lowest BCUT2D eigenvalue weighted by molar-refractivity contribution is -0.190. The molecule has 0 N–H and O–H groups in total. The normalized spacial score (nSPS) is 12.5. The van der Waals surface area contributed by atoms with E-state index in [1.165, 1.54) is 13.8 Å². The molecule has 4 nitrogen and oxygen atoms in total. The van der Waals surface area contributed by atoms with Gasteiger partial charge in [-0.1, -0.05) is 13.2 Å². The van der Waals surface area contributed by atoms with Gasteiger partial charge in [0.1, 0.15) is 0 Å². The van der Waals surface area contributed by atoms with Crippen LogP contribution in [0.25, 0.3) is 0 Å². The average Bonchev–Trinajstić information content (AvgIpc) is 2.25. The van der Waals surface area contributed by atoms with E-state index >= 15 is 0 Å². The lowest BCUT2D eigenvalue weighted by Crippen LogP contribution is -2.44. The zero-order valence-corrected chi connectivity index (χ0v) is 9.66. The van der Waals surface area contributed by atoms with Crippen LogP contribution in [0.4, 0.5) is 8.78 Å². The fourth-order valence-corrected chi connectivity index (χ4v) is 0.830. The molecule has 6 heteroatoms. The molecule has 0 aromatic carbocycles. The van der Waals surface area contributed by atoms with Crippen molar-refractivity contribution in [3.63, 3.8) is 0 Å². The van der Waals surface area contributed by atoms with Crippen LogP contribution in [0.2, 0.25) is 0 Å². The first-order valence-electron chi connectivity index (χ1n) is 4.81. The predicted octanol–water partition coefficient (Wildman–Crippen LogP) is 1.86. The number of hydrogen-bond acceptors (Lipinski definition) is 4.